The third kappa shape index (κ3) is 0.984. The molecule has 0 atom stereocenters. The van der Waals surface area contributed by atoms with Crippen molar-refractivity contribution in [2.45, 2.75) is 0 Å². The van der Waals surface area contributed by atoms with Crippen LogP contribution in [0.1, 0.15) is 0 Å². The van der Waals surface area contributed by atoms with Crippen molar-refractivity contribution in [1.29, 1.82) is 0 Å². The number of anilines is 1. The van der Waals surface area contributed by atoms with Crippen molar-refractivity contribution in [3.8, 4) is 0 Å². The maximum absolute atomic E-state index is 5.81. The van der Waals surface area contributed by atoms with E-state index in [0.29, 0.717) is 22.3 Å². The Bertz CT molecular complexity index is 409. The summed E-state index contributed by atoms with van der Waals surface area (Å²) in [6.45, 7) is 0. The zero-order chi connectivity index (χ0) is 8.55. The van der Waals surface area contributed by atoms with Gasteiger partial charge in [-0.3, -0.25) is 0 Å². The number of nitrogens with one attached hydrogen (secondary N) is 2. The highest BCUT2D eigenvalue weighted by molar-refractivity contribution is 6.33. The van der Waals surface area contributed by atoms with Crippen LogP contribution in [0.3, 0.4) is 0 Å². The molecule has 0 spiro atoms. The van der Waals surface area contributed by atoms with E-state index in [4.69, 9.17) is 11.6 Å². The van der Waals surface area contributed by atoms with Crippen LogP contribution in [-0.4, -0.2) is 27.0 Å². The molecule has 0 unspecified atom stereocenters. The SMILES string of the molecule is CNc1nc(Cl)c2nc[nH]c2n1. The number of nitrogens with zero attached hydrogens (tertiary/aromatic N) is 3. The van der Waals surface area contributed by atoms with Gasteiger partial charge >= 0.3 is 0 Å². The number of imidazole rings is 1. The smallest absolute Gasteiger partial charge is 0.225 e. The van der Waals surface area contributed by atoms with E-state index in [1.54, 1.807) is 7.05 Å². The summed E-state index contributed by atoms with van der Waals surface area (Å²) in [6, 6.07) is 0. The fraction of sp³-hybridized carbons (Fsp3) is 0.167. The molecule has 0 amide bonds. The van der Waals surface area contributed by atoms with Crippen molar-refractivity contribution >= 4 is 28.7 Å². The molecule has 62 valence electrons. The monoisotopic (exact) mass is 183 g/mol. The first kappa shape index (κ1) is 7.30. The Morgan fingerprint density at radius 3 is 3.08 bits per heavy atom. The topological polar surface area (TPSA) is 66.5 Å². The van der Waals surface area contributed by atoms with Crippen LogP contribution >= 0.6 is 11.6 Å². The highest BCUT2D eigenvalue weighted by Gasteiger charge is 2.05. The first-order chi connectivity index (χ1) is 5.81. The Hall–Kier alpha value is -1.36. The second kappa shape index (κ2) is 2.60. The van der Waals surface area contributed by atoms with Crippen LogP contribution in [0.5, 0.6) is 0 Å². The maximum Gasteiger partial charge on any atom is 0.225 e. The molecular formula is C6H6ClN5. The van der Waals surface area contributed by atoms with Crippen LogP contribution < -0.4 is 5.32 Å². The fourth-order valence-electron chi connectivity index (χ4n) is 0.912. The molecule has 0 bridgehead atoms. The van der Waals surface area contributed by atoms with Gasteiger partial charge in [0.15, 0.2) is 10.8 Å². The number of rotatable bonds is 1. The van der Waals surface area contributed by atoms with Crippen LogP contribution in [0.25, 0.3) is 11.2 Å². The summed E-state index contributed by atoms with van der Waals surface area (Å²) in [4.78, 5) is 14.8. The average molecular weight is 184 g/mol. The molecule has 2 aromatic rings. The Balaban J connectivity index is 2.75. The lowest BCUT2D eigenvalue weighted by molar-refractivity contribution is 1.18. The van der Waals surface area contributed by atoms with Crippen LogP contribution in [0.15, 0.2) is 6.33 Å². The van der Waals surface area contributed by atoms with Gasteiger partial charge in [0.05, 0.1) is 6.33 Å². The molecule has 2 heterocycles. The lowest BCUT2D eigenvalue weighted by Gasteiger charge is -1.97. The number of fused-ring (bicyclic) bond motifs is 1. The van der Waals surface area contributed by atoms with Gasteiger partial charge in [0.2, 0.25) is 5.95 Å². The number of hydrogen-bond acceptors (Lipinski definition) is 4. The predicted molar refractivity (Wildman–Crippen MR) is 46.2 cm³/mol. The van der Waals surface area contributed by atoms with Gasteiger partial charge in [0, 0.05) is 7.05 Å². The summed E-state index contributed by atoms with van der Waals surface area (Å²) < 4.78 is 0. The van der Waals surface area contributed by atoms with E-state index in [2.05, 4.69) is 25.3 Å². The van der Waals surface area contributed by atoms with Gasteiger partial charge in [-0.05, 0) is 0 Å². The van der Waals surface area contributed by atoms with Crippen LogP contribution in [-0.2, 0) is 0 Å². The molecule has 5 nitrogen and oxygen atoms in total. The van der Waals surface area contributed by atoms with E-state index in [1.807, 2.05) is 0 Å². The summed E-state index contributed by atoms with van der Waals surface area (Å²) in [5.41, 5.74) is 1.23. The first-order valence-corrected chi connectivity index (χ1v) is 3.73. The molecule has 0 radical (unpaired) electrons. The van der Waals surface area contributed by atoms with E-state index in [9.17, 15) is 0 Å². The second-order valence-electron chi connectivity index (χ2n) is 2.19. The Morgan fingerprint density at radius 1 is 1.50 bits per heavy atom. The van der Waals surface area contributed by atoms with E-state index in [-0.39, 0.29) is 0 Å². The molecule has 0 aromatic carbocycles. The van der Waals surface area contributed by atoms with Gasteiger partial charge in [-0.15, -0.1) is 0 Å². The number of aromatic nitrogens is 4. The fourth-order valence-corrected chi connectivity index (χ4v) is 1.13. The van der Waals surface area contributed by atoms with Gasteiger partial charge in [-0.1, -0.05) is 11.6 Å². The Morgan fingerprint density at radius 2 is 2.33 bits per heavy atom. The van der Waals surface area contributed by atoms with Gasteiger partial charge < -0.3 is 10.3 Å². The summed E-state index contributed by atoms with van der Waals surface area (Å²) in [5.74, 6) is 0.483. The highest BCUT2D eigenvalue weighted by Crippen LogP contribution is 2.17. The number of aromatic amines is 1. The number of hydrogen-bond donors (Lipinski definition) is 2. The minimum Gasteiger partial charge on any atom is -0.357 e. The minimum absolute atomic E-state index is 0.352. The lowest BCUT2D eigenvalue weighted by atomic mass is 10.5. The molecule has 2 N–H and O–H groups in total. The molecule has 0 aliphatic rings. The van der Waals surface area contributed by atoms with Crippen molar-refractivity contribution in [2.75, 3.05) is 12.4 Å². The van der Waals surface area contributed by atoms with Gasteiger partial charge in [-0.2, -0.15) is 9.97 Å². The van der Waals surface area contributed by atoms with Crippen molar-refractivity contribution in [3.63, 3.8) is 0 Å². The van der Waals surface area contributed by atoms with Crippen molar-refractivity contribution in [2.24, 2.45) is 0 Å². The molecule has 0 fully saturated rings. The quantitative estimate of drug-likeness (QED) is 0.649. The zero-order valence-corrected chi connectivity index (χ0v) is 7.05. The third-order valence-corrected chi connectivity index (χ3v) is 1.72. The molecule has 6 heteroatoms. The summed E-state index contributed by atoms with van der Waals surface area (Å²) in [5, 5.41) is 3.15. The number of H-pyrrole nitrogens is 1. The van der Waals surface area contributed by atoms with E-state index >= 15 is 0 Å². The molecule has 0 aliphatic heterocycles. The maximum atomic E-state index is 5.81. The van der Waals surface area contributed by atoms with Crippen molar-refractivity contribution < 1.29 is 0 Å². The number of halogens is 1. The molecule has 0 saturated heterocycles. The standard InChI is InChI=1S/C6H6ClN5/c1-8-6-11-4(7)3-5(12-6)10-2-9-3/h2H,1H3,(H2,8,9,10,11,12). The van der Waals surface area contributed by atoms with Crippen LogP contribution in [0, 0.1) is 0 Å². The van der Waals surface area contributed by atoms with E-state index < -0.39 is 0 Å². The average Bonchev–Trinajstić information content (AvgIpc) is 2.52. The Labute approximate surface area is 73.2 Å². The van der Waals surface area contributed by atoms with Gasteiger partial charge in [0.25, 0.3) is 0 Å². The minimum atomic E-state index is 0.352. The third-order valence-electron chi connectivity index (χ3n) is 1.46. The molecule has 2 aromatic heterocycles. The summed E-state index contributed by atoms with van der Waals surface area (Å²) in [6.07, 6.45) is 1.53. The predicted octanol–water partition coefficient (Wildman–Crippen LogP) is 1.05. The molecule has 0 saturated carbocycles. The normalized spacial score (nSPS) is 10.5. The van der Waals surface area contributed by atoms with Crippen molar-refractivity contribution in [1.82, 2.24) is 19.9 Å². The second-order valence-corrected chi connectivity index (χ2v) is 2.55. The van der Waals surface area contributed by atoms with Crippen LogP contribution in [0.4, 0.5) is 5.95 Å². The molecule has 2 rings (SSSR count). The van der Waals surface area contributed by atoms with E-state index in [0.717, 1.165) is 0 Å². The van der Waals surface area contributed by atoms with Crippen molar-refractivity contribution in [3.05, 3.63) is 11.5 Å². The molecule has 0 aliphatic carbocycles. The van der Waals surface area contributed by atoms with E-state index in [1.165, 1.54) is 6.33 Å². The Kier molecular flexibility index (Phi) is 1.58. The molecular weight excluding hydrogens is 178 g/mol. The van der Waals surface area contributed by atoms with Gasteiger partial charge in [-0.25, -0.2) is 4.98 Å². The largest absolute Gasteiger partial charge is 0.357 e. The van der Waals surface area contributed by atoms with Gasteiger partial charge in [0.1, 0.15) is 5.52 Å². The zero-order valence-electron chi connectivity index (χ0n) is 6.30. The molecule has 12 heavy (non-hydrogen) atoms. The highest BCUT2D eigenvalue weighted by atomic mass is 35.5. The van der Waals surface area contributed by atoms with Crippen LogP contribution in [0.2, 0.25) is 5.15 Å². The lowest BCUT2D eigenvalue weighted by Crippen LogP contribution is -1.96. The summed E-state index contributed by atoms with van der Waals surface area (Å²) in [7, 11) is 1.73. The first-order valence-electron chi connectivity index (χ1n) is 3.35. The summed E-state index contributed by atoms with van der Waals surface area (Å²) >= 11 is 5.81.